The minimum atomic E-state index is 0.451. The van der Waals surface area contributed by atoms with Crippen LogP contribution < -0.4 is 5.32 Å². The van der Waals surface area contributed by atoms with Gasteiger partial charge in [-0.3, -0.25) is 4.98 Å². The number of pyridine rings is 1. The average Bonchev–Trinajstić information content (AvgIpc) is 2.94. The fourth-order valence-electron chi connectivity index (χ4n) is 3.19. The molecule has 1 aromatic rings. The van der Waals surface area contributed by atoms with Gasteiger partial charge < -0.3 is 10.1 Å². The van der Waals surface area contributed by atoms with E-state index >= 15 is 0 Å². The molecule has 1 aromatic heterocycles. The van der Waals surface area contributed by atoms with Crippen LogP contribution in [0.15, 0.2) is 12.1 Å². The summed E-state index contributed by atoms with van der Waals surface area (Å²) in [7, 11) is 0. The van der Waals surface area contributed by atoms with Crippen LogP contribution in [-0.2, 0) is 4.74 Å². The van der Waals surface area contributed by atoms with Crippen LogP contribution in [0.2, 0.25) is 0 Å². The number of rotatable bonds is 8. The zero-order valence-corrected chi connectivity index (χ0v) is 13.8. The molecule has 3 nitrogen and oxygen atoms in total. The van der Waals surface area contributed by atoms with E-state index in [2.05, 4.69) is 43.2 Å². The SMILES string of the molecule is CCCNC(CCCC1CCCO1)c1cc(C)nc(C)c1. The van der Waals surface area contributed by atoms with Crippen molar-refractivity contribution in [3.63, 3.8) is 0 Å². The maximum absolute atomic E-state index is 5.73. The molecule has 1 fully saturated rings. The third-order valence-electron chi connectivity index (χ3n) is 4.19. The molecule has 2 atom stereocenters. The second-order valence-corrected chi connectivity index (χ2v) is 6.26. The first kappa shape index (κ1) is 16.4. The number of nitrogens with one attached hydrogen (secondary N) is 1. The Morgan fingerprint density at radius 3 is 2.71 bits per heavy atom. The molecular formula is C18H30N2O. The van der Waals surface area contributed by atoms with Gasteiger partial charge in [0.15, 0.2) is 0 Å². The van der Waals surface area contributed by atoms with Crippen molar-refractivity contribution >= 4 is 0 Å². The molecule has 0 bridgehead atoms. The fraction of sp³-hybridized carbons (Fsp3) is 0.722. The molecule has 2 rings (SSSR count). The van der Waals surface area contributed by atoms with Crippen LogP contribution in [0.4, 0.5) is 0 Å². The second-order valence-electron chi connectivity index (χ2n) is 6.26. The second kappa shape index (κ2) is 8.50. The van der Waals surface area contributed by atoms with E-state index in [9.17, 15) is 0 Å². The zero-order valence-electron chi connectivity index (χ0n) is 13.8. The molecular weight excluding hydrogens is 260 g/mol. The number of ether oxygens (including phenoxy) is 1. The van der Waals surface area contributed by atoms with E-state index in [1.807, 2.05) is 0 Å². The summed E-state index contributed by atoms with van der Waals surface area (Å²) in [6, 6.07) is 4.91. The molecule has 2 unspecified atom stereocenters. The van der Waals surface area contributed by atoms with Crippen LogP contribution in [0.3, 0.4) is 0 Å². The molecule has 1 aliphatic heterocycles. The van der Waals surface area contributed by atoms with Gasteiger partial charge in [-0.2, -0.15) is 0 Å². The van der Waals surface area contributed by atoms with Crippen molar-refractivity contribution in [2.45, 2.75) is 71.4 Å². The smallest absolute Gasteiger partial charge is 0.0576 e. The molecule has 0 spiro atoms. The Labute approximate surface area is 129 Å². The molecule has 2 heterocycles. The number of hydrogen-bond acceptors (Lipinski definition) is 3. The van der Waals surface area contributed by atoms with Gasteiger partial charge in [-0.15, -0.1) is 0 Å². The van der Waals surface area contributed by atoms with Gasteiger partial charge in [-0.1, -0.05) is 6.92 Å². The molecule has 1 saturated heterocycles. The molecule has 1 aliphatic rings. The summed E-state index contributed by atoms with van der Waals surface area (Å²) < 4.78 is 5.73. The molecule has 3 heteroatoms. The van der Waals surface area contributed by atoms with E-state index in [-0.39, 0.29) is 0 Å². The zero-order chi connectivity index (χ0) is 15.1. The van der Waals surface area contributed by atoms with Crippen LogP contribution in [-0.4, -0.2) is 24.2 Å². The van der Waals surface area contributed by atoms with Gasteiger partial charge in [0.2, 0.25) is 0 Å². The molecule has 1 N–H and O–H groups in total. The first-order chi connectivity index (χ1) is 10.2. The Morgan fingerprint density at radius 2 is 2.10 bits per heavy atom. The highest BCUT2D eigenvalue weighted by Gasteiger charge is 2.17. The molecule has 0 saturated carbocycles. The van der Waals surface area contributed by atoms with E-state index < -0.39 is 0 Å². The van der Waals surface area contributed by atoms with E-state index in [0.717, 1.165) is 24.5 Å². The number of aromatic nitrogens is 1. The van der Waals surface area contributed by atoms with Gasteiger partial charge in [0.25, 0.3) is 0 Å². The van der Waals surface area contributed by atoms with Gasteiger partial charge in [-0.25, -0.2) is 0 Å². The number of nitrogens with zero attached hydrogens (tertiary/aromatic N) is 1. The Balaban J connectivity index is 1.92. The molecule has 0 amide bonds. The Bertz CT molecular complexity index is 407. The quantitative estimate of drug-likeness (QED) is 0.783. The van der Waals surface area contributed by atoms with E-state index in [0.29, 0.717) is 12.1 Å². The summed E-state index contributed by atoms with van der Waals surface area (Å²) >= 11 is 0. The lowest BCUT2D eigenvalue weighted by molar-refractivity contribution is 0.101. The Hall–Kier alpha value is -0.930. The van der Waals surface area contributed by atoms with Gasteiger partial charge >= 0.3 is 0 Å². The third kappa shape index (κ3) is 5.40. The summed E-state index contributed by atoms with van der Waals surface area (Å²) in [6.45, 7) is 8.43. The van der Waals surface area contributed by atoms with Crippen molar-refractivity contribution in [2.75, 3.05) is 13.2 Å². The van der Waals surface area contributed by atoms with Crippen LogP contribution in [0.1, 0.15) is 68.4 Å². The number of hydrogen-bond donors (Lipinski definition) is 1. The Kier molecular flexibility index (Phi) is 6.65. The highest BCUT2D eigenvalue weighted by molar-refractivity contribution is 5.23. The summed E-state index contributed by atoms with van der Waals surface area (Å²) in [5.74, 6) is 0. The van der Waals surface area contributed by atoms with Crippen LogP contribution >= 0.6 is 0 Å². The molecule has 0 aliphatic carbocycles. The molecule has 21 heavy (non-hydrogen) atoms. The normalized spacial score (nSPS) is 19.9. The van der Waals surface area contributed by atoms with Crippen molar-refractivity contribution in [3.05, 3.63) is 29.1 Å². The summed E-state index contributed by atoms with van der Waals surface area (Å²) in [4.78, 5) is 4.49. The maximum Gasteiger partial charge on any atom is 0.0576 e. The van der Waals surface area contributed by atoms with Crippen molar-refractivity contribution in [1.82, 2.24) is 10.3 Å². The highest BCUT2D eigenvalue weighted by Crippen LogP contribution is 2.24. The van der Waals surface area contributed by atoms with Crippen LogP contribution in [0.5, 0.6) is 0 Å². The molecule has 0 radical (unpaired) electrons. The average molecular weight is 290 g/mol. The van der Waals surface area contributed by atoms with Crippen molar-refractivity contribution < 1.29 is 4.74 Å². The van der Waals surface area contributed by atoms with Gasteiger partial charge in [0.1, 0.15) is 0 Å². The number of aryl methyl sites for hydroxylation is 2. The fourth-order valence-corrected chi connectivity index (χ4v) is 3.19. The first-order valence-electron chi connectivity index (χ1n) is 8.49. The Morgan fingerprint density at radius 1 is 1.33 bits per heavy atom. The van der Waals surface area contributed by atoms with Crippen molar-refractivity contribution in [2.24, 2.45) is 0 Å². The van der Waals surface area contributed by atoms with Crippen molar-refractivity contribution in [1.29, 1.82) is 0 Å². The monoisotopic (exact) mass is 290 g/mol. The maximum atomic E-state index is 5.73. The predicted molar refractivity (Wildman–Crippen MR) is 87.6 cm³/mol. The third-order valence-corrected chi connectivity index (χ3v) is 4.19. The van der Waals surface area contributed by atoms with Crippen LogP contribution in [0, 0.1) is 13.8 Å². The summed E-state index contributed by atoms with van der Waals surface area (Å²) in [5, 5.41) is 3.70. The highest BCUT2D eigenvalue weighted by atomic mass is 16.5. The van der Waals surface area contributed by atoms with Crippen LogP contribution in [0.25, 0.3) is 0 Å². The predicted octanol–water partition coefficient (Wildman–Crippen LogP) is 4.09. The summed E-state index contributed by atoms with van der Waals surface area (Å²) in [6.07, 6.45) is 7.79. The lowest BCUT2D eigenvalue weighted by Crippen LogP contribution is -2.23. The lowest BCUT2D eigenvalue weighted by Gasteiger charge is -2.20. The van der Waals surface area contributed by atoms with E-state index in [1.165, 1.54) is 44.1 Å². The van der Waals surface area contributed by atoms with Gasteiger partial charge in [0, 0.05) is 24.0 Å². The van der Waals surface area contributed by atoms with E-state index in [1.54, 1.807) is 0 Å². The largest absolute Gasteiger partial charge is 0.378 e. The first-order valence-corrected chi connectivity index (χ1v) is 8.49. The lowest BCUT2D eigenvalue weighted by atomic mass is 9.98. The standard InChI is InChI=1S/C18H30N2O/c1-4-10-19-18(9-5-7-17-8-6-11-21-17)16-12-14(2)20-15(3)13-16/h12-13,17-19H,4-11H2,1-3H3. The van der Waals surface area contributed by atoms with E-state index in [4.69, 9.17) is 4.74 Å². The van der Waals surface area contributed by atoms with Gasteiger partial charge in [0.05, 0.1) is 6.10 Å². The topological polar surface area (TPSA) is 34.1 Å². The molecule has 0 aromatic carbocycles. The van der Waals surface area contributed by atoms with Crippen molar-refractivity contribution in [3.8, 4) is 0 Å². The summed E-state index contributed by atoms with van der Waals surface area (Å²) in [5.41, 5.74) is 3.63. The molecule has 118 valence electrons. The minimum Gasteiger partial charge on any atom is -0.378 e. The van der Waals surface area contributed by atoms with Gasteiger partial charge in [-0.05, 0) is 76.6 Å². The minimum absolute atomic E-state index is 0.451.